The minimum Gasteiger partial charge on any atom is -0.495 e. The van der Waals surface area contributed by atoms with Crippen LogP contribution in [0, 0.1) is 0 Å². The maximum absolute atomic E-state index is 11.3. The number of nitrogens with two attached hydrogens (primary N) is 1. The summed E-state index contributed by atoms with van der Waals surface area (Å²) in [6.45, 7) is 0.590. The summed E-state index contributed by atoms with van der Waals surface area (Å²) in [7, 11) is 1.60. The summed E-state index contributed by atoms with van der Waals surface area (Å²) in [5, 5.41) is 2.81. The third kappa shape index (κ3) is 2.20. The molecule has 5 heteroatoms. The number of halogens is 1. The molecule has 1 aromatic carbocycles. The number of fused-ring (bicyclic) bond motifs is 1. The first kappa shape index (κ1) is 13.0. The van der Waals surface area contributed by atoms with Crippen molar-refractivity contribution in [1.82, 2.24) is 0 Å². The maximum Gasteiger partial charge on any atom is 0.228 e. The Bertz CT molecular complexity index is 407. The molecular weight excluding hydrogens is 272 g/mol. The molecule has 0 saturated carbocycles. The van der Waals surface area contributed by atoms with Crippen LogP contribution in [0.3, 0.4) is 0 Å². The van der Waals surface area contributed by atoms with Gasteiger partial charge in [0.1, 0.15) is 5.75 Å². The summed E-state index contributed by atoms with van der Waals surface area (Å²) in [6, 6.07) is 3.85. The Kier molecular flexibility index (Phi) is 4.32. The Morgan fingerprint density at radius 1 is 1.50 bits per heavy atom. The van der Waals surface area contributed by atoms with E-state index in [-0.39, 0.29) is 22.9 Å². The van der Waals surface area contributed by atoms with E-state index in [0.29, 0.717) is 13.0 Å². The van der Waals surface area contributed by atoms with Crippen molar-refractivity contribution in [2.75, 3.05) is 19.0 Å². The molecule has 1 aliphatic heterocycles. The molecule has 1 aromatic rings. The molecule has 88 valence electrons. The summed E-state index contributed by atoms with van der Waals surface area (Å²) in [4.78, 5) is 11.3. The third-order valence-corrected chi connectivity index (χ3v) is 2.61. The first-order chi connectivity index (χ1) is 7.26. The molecule has 0 saturated heterocycles. The van der Waals surface area contributed by atoms with Crippen LogP contribution in [-0.2, 0) is 17.6 Å². The minimum absolute atomic E-state index is 0. The topological polar surface area (TPSA) is 64.3 Å². The lowest BCUT2D eigenvalue weighted by Crippen LogP contribution is -2.05. The van der Waals surface area contributed by atoms with Crippen molar-refractivity contribution in [3.8, 4) is 5.75 Å². The second-order valence-corrected chi connectivity index (χ2v) is 3.54. The number of rotatable bonds is 3. The number of nitrogens with one attached hydrogen (secondary N) is 1. The fourth-order valence-electron chi connectivity index (χ4n) is 1.91. The summed E-state index contributed by atoms with van der Waals surface area (Å²) >= 11 is 0. The van der Waals surface area contributed by atoms with Crippen molar-refractivity contribution >= 4 is 28.6 Å². The van der Waals surface area contributed by atoms with E-state index in [1.165, 1.54) is 0 Å². The van der Waals surface area contributed by atoms with Gasteiger partial charge in [0.05, 0.1) is 19.2 Å². The highest BCUT2D eigenvalue weighted by atomic mass is 79.9. The average molecular weight is 287 g/mol. The highest BCUT2D eigenvalue weighted by molar-refractivity contribution is 8.93. The Morgan fingerprint density at radius 2 is 2.25 bits per heavy atom. The molecule has 0 spiro atoms. The fourth-order valence-corrected chi connectivity index (χ4v) is 1.91. The predicted octanol–water partition coefficient (Wildman–Crippen LogP) is 1.27. The van der Waals surface area contributed by atoms with Crippen LogP contribution in [0.5, 0.6) is 5.75 Å². The standard InChI is InChI=1S/C11H14N2O2.BrH/c1-15-9-3-2-7(4-5-12)8-6-10(14)13-11(8)9;/h2-3H,4-6,12H2,1H3,(H,13,14);1H. The number of ether oxygens (including phenoxy) is 1. The first-order valence-corrected chi connectivity index (χ1v) is 4.95. The minimum atomic E-state index is 0. The van der Waals surface area contributed by atoms with Gasteiger partial charge in [0.25, 0.3) is 0 Å². The number of hydrogen-bond acceptors (Lipinski definition) is 3. The van der Waals surface area contributed by atoms with Crippen LogP contribution in [0.15, 0.2) is 12.1 Å². The fraction of sp³-hybridized carbons (Fsp3) is 0.364. The van der Waals surface area contributed by atoms with E-state index in [0.717, 1.165) is 29.0 Å². The molecule has 0 aliphatic carbocycles. The number of methoxy groups -OCH3 is 1. The van der Waals surface area contributed by atoms with E-state index in [4.69, 9.17) is 10.5 Å². The second kappa shape index (κ2) is 5.32. The van der Waals surface area contributed by atoms with E-state index in [1.54, 1.807) is 7.11 Å². The zero-order valence-corrected chi connectivity index (χ0v) is 10.8. The molecule has 2 rings (SSSR count). The van der Waals surface area contributed by atoms with Gasteiger partial charge in [-0.05, 0) is 30.2 Å². The van der Waals surface area contributed by atoms with Crippen molar-refractivity contribution < 1.29 is 9.53 Å². The van der Waals surface area contributed by atoms with Crippen molar-refractivity contribution in [3.63, 3.8) is 0 Å². The number of amides is 1. The molecule has 3 N–H and O–H groups in total. The third-order valence-electron chi connectivity index (χ3n) is 2.61. The van der Waals surface area contributed by atoms with Crippen LogP contribution in [0.4, 0.5) is 5.69 Å². The Labute approximate surface area is 105 Å². The predicted molar refractivity (Wildman–Crippen MR) is 68.4 cm³/mol. The Balaban J connectivity index is 0.00000128. The molecule has 0 unspecified atom stereocenters. The van der Waals surface area contributed by atoms with E-state index in [1.807, 2.05) is 12.1 Å². The smallest absolute Gasteiger partial charge is 0.228 e. The molecular formula is C11H15BrN2O2. The molecule has 1 amide bonds. The summed E-state index contributed by atoms with van der Waals surface area (Å²) in [6.07, 6.45) is 1.23. The van der Waals surface area contributed by atoms with Gasteiger partial charge in [0, 0.05) is 0 Å². The van der Waals surface area contributed by atoms with Gasteiger partial charge in [-0.25, -0.2) is 0 Å². The molecule has 16 heavy (non-hydrogen) atoms. The molecule has 0 radical (unpaired) electrons. The van der Waals surface area contributed by atoms with Gasteiger partial charge in [-0.3, -0.25) is 4.79 Å². The number of carbonyl (C=O) groups is 1. The molecule has 0 atom stereocenters. The SMILES string of the molecule is Br.COc1ccc(CCN)c2c1NC(=O)C2. The van der Waals surface area contributed by atoms with E-state index >= 15 is 0 Å². The lowest BCUT2D eigenvalue weighted by Gasteiger charge is -2.10. The van der Waals surface area contributed by atoms with E-state index in [2.05, 4.69) is 5.32 Å². The quantitative estimate of drug-likeness (QED) is 0.880. The van der Waals surface area contributed by atoms with Crippen LogP contribution in [-0.4, -0.2) is 19.6 Å². The number of anilines is 1. The Hall–Kier alpha value is -1.07. The molecule has 0 bridgehead atoms. The highest BCUT2D eigenvalue weighted by Crippen LogP contribution is 2.35. The van der Waals surface area contributed by atoms with Gasteiger partial charge in [-0.1, -0.05) is 6.07 Å². The van der Waals surface area contributed by atoms with Crippen molar-refractivity contribution in [2.24, 2.45) is 5.73 Å². The normalized spacial score (nSPS) is 12.8. The van der Waals surface area contributed by atoms with E-state index < -0.39 is 0 Å². The van der Waals surface area contributed by atoms with Crippen LogP contribution >= 0.6 is 17.0 Å². The van der Waals surface area contributed by atoms with Gasteiger partial charge >= 0.3 is 0 Å². The van der Waals surface area contributed by atoms with Gasteiger partial charge in [0.15, 0.2) is 0 Å². The zero-order chi connectivity index (χ0) is 10.8. The van der Waals surface area contributed by atoms with Crippen LogP contribution in [0.25, 0.3) is 0 Å². The van der Waals surface area contributed by atoms with Crippen LogP contribution < -0.4 is 15.8 Å². The summed E-state index contributed by atoms with van der Waals surface area (Å²) < 4.78 is 5.19. The largest absolute Gasteiger partial charge is 0.495 e. The molecule has 4 nitrogen and oxygen atoms in total. The van der Waals surface area contributed by atoms with Crippen molar-refractivity contribution in [2.45, 2.75) is 12.8 Å². The second-order valence-electron chi connectivity index (χ2n) is 3.54. The first-order valence-electron chi connectivity index (χ1n) is 4.95. The van der Waals surface area contributed by atoms with Gasteiger partial charge in [0.2, 0.25) is 5.91 Å². The lowest BCUT2D eigenvalue weighted by atomic mass is 10.0. The highest BCUT2D eigenvalue weighted by Gasteiger charge is 2.23. The van der Waals surface area contributed by atoms with Crippen molar-refractivity contribution in [3.05, 3.63) is 23.3 Å². The molecule has 1 aliphatic rings. The molecule has 0 aromatic heterocycles. The van der Waals surface area contributed by atoms with Crippen LogP contribution in [0.2, 0.25) is 0 Å². The monoisotopic (exact) mass is 286 g/mol. The van der Waals surface area contributed by atoms with Gasteiger partial charge in [-0.2, -0.15) is 0 Å². The number of carbonyl (C=O) groups excluding carboxylic acids is 1. The molecule has 1 heterocycles. The maximum atomic E-state index is 11.3. The van der Waals surface area contributed by atoms with Gasteiger partial charge < -0.3 is 15.8 Å². The Morgan fingerprint density at radius 3 is 2.88 bits per heavy atom. The zero-order valence-electron chi connectivity index (χ0n) is 9.08. The van der Waals surface area contributed by atoms with Crippen LogP contribution in [0.1, 0.15) is 11.1 Å². The van der Waals surface area contributed by atoms with Gasteiger partial charge in [-0.15, -0.1) is 17.0 Å². The average Bonchev–Trinajstić information content (AvgIpc) is 2.61. The number of hydrogen-bond donors (Lipinski definition) is 2. The summed E-state index contributed by atoms with van der Waals surface area (Å²) in [5.74, 6) is 0.740. The number of benzene rings is 1. The van der Waals surface area contributed by atoms with Crippen molar-refractivity contribution in [1.29, 1.82) is 0 Å². The molecule has 0 fully saturated rings. The van der Waals surface area contributed by atoms with E-state index in [9.17, 15) is 4.79 Å². The lowest BCUT2D eigenvalue weighted by molar-refractivity contribution is -0.115. The summed E-state index contributed by atoms with van der Waals surface area (Å²) in [5.41, 5.74) is 8.50.